The number of carboxylic acid groups (broad SMARTS) is 1. The summed E-state index contributed by atoms with van der Waals surface area (Å²) in [7, 11) is 0. The van der Waals surface area contributed by atoms with E-state index in [-0.39, 0.29) is 23.6 Å². The number of nitrogens with zero attached hydrogens (tertiary/aromatic N) is 1. The van der Waals surface area contributed by atoms with Crippen LogP contribution in [0.5, 0.6) is 0 Å². The van der Waals surface area contributed by atoms with E-state index in [1.54, 1.807) is 23.1 Å². The minimum atomic E-state index is -0.933. The first-order valence-electron chi connectivity index (χ1n) is 7.50. The van der Waals surface area contributed by atoms with E-state index in [4.69, 9.17) is 9.84 Å². The predicted molar refractivity (Wildman–Crippen MR) is 83.2 cm³/mol. The van der Waals surface area contributed by atoms with E-state index < -0.39 is 11.6 Å². The molecule has 1 amide bonds. The third kappa shape index (κ3) is 3.78. The van der Waals surface area contributed by atoms with Crippen molar-refractivity contribution in [1.29, 1.82) is 0 Å². The number of amides is 1. The Morgan fingerprint density at radius 1 is 1.32 bits per heavy atom. The summed E-state index contributed by atoms with van der Waals surface area (Å²) in [6.45, 7) is 8.09. The van der Waals surface area contributed by atoms with Crippen LogP contribution in [0, 0.1) is 0 Å². The third-order valence-electron chi connectivity index (χ3n) is 3.81. The Kier molecular flexibility index (Phi) is 4.44. The second-order valence-electron chi connectivity index (χ2n) is 6.84. The van der Waals surface area contributed by atoms with Gasteiger partial charge in [-0.2, -0.15) is 0 Å². The lowest BCUT2D eigenvalue weighted by atomic mass is 9.95. The fraction of sp³-hybridized carbons (Fsp3) is 0.529. The molecule has 22 heavy (non-hydrogen) atoms. The number of aromatic carboxylic acids is 1. The Balaban J connectivity index is 2.12. The van der Waals surface area contributed by atoms with E-state index in [2.05, 4.69) is 0 Å². The molecule has 5 nitrogen and oxygen atoms in total. The van der Waals surface area contributed by atoms with Crippen LogP contribution in [-0.4, -0.2) is 40.3 Å². The first kappa shape index (κ1) is 16.3. The summed E-state index contributed by atoms with van der Waals surface area (Å²) in [6.07, 6.45) is 0.499. The molecule has 1 heterocycles. The number of carbonyl (C=O) groups excluding carboxylic acids is 1. The molecule has 120 valence electrons. The van der Waals surface area contributed by atoms with Crippen LogP contribution < -0.4 is 0 Å². The van der Waals surface area contributed by atoms with Gasteiger partial charge in [0.15, 0.2) is 0 Å². The number of carbonyl (C=O) groups is 2. The van der Waals surface area contributed by atoms with Crippen molar-refractivity contribution in [2.45, 2.75) is 51.7 Å². The van der Waals surface area contributed by atoms with Crippen molar-refractivity contribution >= 4 is 12.1 Å². The van der Waals surface area contributed by atoms with Gasteiger partial charge in [0.25, 0.3) is 0 Å². The molecule has 0 aromatic heterocycles. The molecule has 0 aliphatic carbocycles. The van der Waals surface area contributed by atoms with Gasteiger partial charge in [0.1, 0.15) is 5.60 Å². The summed E-state index contributed by atoms with van der Waals surface area (Å²) in [4.78, 5) is 25.0. The lowest BCUT2D eigenvalue weighted by molar-refractivity contribution is 0.0237. The average molecular weight is 305 g/mol. The molecule has 1 saturated heterocycles. The Morgan fingerprint density at radius 2 is 2.00 bits per heavy atom. The normalized spacial score (nSPS) is 21.7. The molecule has 2 rings (SSSR count). The van der Waals surface area contributed by atoms with Crippen molar-refractivity contribution in [3.8, 4) is 0 Å². The van der Waals surface area contributed by atoms with Gasteiger partial charge in [-0.05, 0) is 51.8 Å². The zero-order chi connectivity index (χ0) is 16.5. The van der Waals surface area contributed by atoms with Gasteiger partial charge in [0.05, 0.1) is 5.56 Å². The SMILES string of the molecule is CC1CC(c2cccc(C(=O)O)c2)CN1C(=O)OC(C)(C)C. The molecule has 2 atom stereocenters. The minimum absolute atomic E-state index is 0.0772. The van der Waals surface area contributed by atoms with Crippen molar-refractivity contribution in [1.82, 2.24) is 4.90 Å². The molecule has 5 heteroatoms. The molecule has 1 N–H and O–H groups in total. The lowest BCUT2D eigenvalue weighted by Crippen LogP contribution is -2.38. The van der Waals surface area contributed by atoms with Crippen LogP contribution in [0.25, 0.3) is 0 Å². The maximum atomic E-state index is 12.2. The van der Waals surface area contributed by atoms with Crippen LogP contribution in [0.3, 0.4) is 0 Å². The molecule has 1 fully saturated rings. The zero-order valence-corrected chi connectivity index (χ0v) is 13.5. The molecule has 1 aromatic rings. The van der Waals surface area contributed by atoms with Gasteiger partial charge in [0, 0.05) is 18.5 Å². The Morgan fingerprint density at radius 3 is 2.59 bits per heavy atom. The molecule has 0 saturated carbocycles. The average Bonchev–Trinajstić information content (AvgIpc) is 2.79. The zero-order valence-electron chi connectivity index (χ0n) is 13.5. The first-order chi connectivity index (χ1) is 10.2. The van der Waals surface area contributed by atoms with Gasteiger partial charge in [-0.15, -0.1) is 0 Å². The second kappa shape index (κ2) is 5.99. The van der Waals surface area contributed by atoms with Gasteiger partial charge in [-0.1, -0.05) is 12.1 Å². The van der Waals surface area contributed by atoms with Crippen LogP contribution in [0.15, 0.2) is 24.3 Å². The largest absolute Gasteiger partial charge is 0.478 e. The summed E-state index contributed by atoms with van der Waals surface area (Å²) in [5, 5.41) is 9.09. The van der Waals surface area contributed by atoms with E-state index >= 15 is 0 Å². The maximum absolute atomic E-state index is 12.2. The van der Waals surface area contributed by atoms with Gasteiger partial charge >= 0.3 is 12.1 Å². The summed E-state index contributed by atoms with van der Waals surface area (Å²) >= 11 is 0. The highest BCUT2D eigenvalue weighted by atomic mass is 16.6. The van der Waals surface area contributed by atoms with Crippen molar-refractivity contribution in [2.75, 3.05) is 6.54 Å². The standard InChI is InChI=1S/C17H23NO4/c1-11-8-14(10-18(11)16(21)22-17(2,3)4)12-6-5-7-13(9-12)15(19)20/h5-7,9,11,14H,8,10H2,1-4H3,(H,19,20). The number of hydrogen-bond donors (Lipinski definition) is 1. The molecule has 1 aliphatic rings. The van der Waals surface area contributed by atoms with Crippen molar-refractivity contribution in [3.05, 3.63) is 35.4 Å². The molecule has 0 bridgehead atoms. The topological polar surface area (TPSA) is 66.8 Å². The second-order valence-corrected chi connectivity index (χ2v) is 6.84. The number of rotatable bonds is 2. The fourth-order valence-corrected chi connectivity index (χ4v) is 2.77. The first-order valence-corrected chi connectivity index (χ1v) is 7.50. The van der Waals surface area contributed by atoms with Gasteiger partial charge < -0.3 is 14.7 Å². The third-order valence-corrected chi connectivity index (χ3v) is 3.81. The van der Waals surface area contributed by atoms with Gasteiger partial charge in [-0.25, -0.2) is 9.59 Å². The summed E-state index contributed by atoms with van der Waals surface area (Å²) in [5.74, 6) is -0.793. The summed E-state index contributed by atoms with van der Waals surface area (Å²) < 4.78 is 5.43. The highest BCUT2D eigenvalue weighted by Crippen LogP contribution is 2.33. The highest BCUT2D eigenvalue weighted by molar-refractivity contribution is 5.87. The molecule has 1 aromatic carbocycles. The van der Waals surface area contributed by atoms with Crippen molar-refractivity contribution in [2.24, 2.45) is 0 Å². The molecule has 0 radical (unpaired) electrons. The van der Waals surface area contributed by atoms with Crippen LogP contribution >= 0.6 is 0 Å². The molecule has 1 aliphatic heterocycles. The monoisotopic (exact) mass is 305 g/mol. The van der Waals surface area contributed by atoms with Crippen LogP contribution in [0.4, 0.5) is 4.79 Å². The number of ether oxygens (including phenoxy) is 1. The minimum Gasteiger partial charge on any atom is -0.478 e. The molecular weight excluding hydrogens is 282 g/mol. The van der Waals surface area contributed by atoms with E-state index in [9.17, 15) is 9.59 Å². The molecule has 2 unspecified atom stereocenters. The Bertz CT molecular complexity index is 576. The summed E-state index contributed by atoms with van der Waals surface area (Å²) in [6, 6.07) is 7.02. The molecular formula is C17H23NO4. The van der Waals surface area contributed by atoms with E-state index in [0.29, 0.717) is 6.54 Å². The maximum Gasteiger partial charge on any atom is 0.410 e. The Labute approximate surface area is 130 Å². The smallest absolute Gasteiger partial charge is 0.410 e. The summed E-state index contributed by atoms with van der Waals surface area (Å²) in [5.41, 5.74) is 0.719. The van der Waals surface area contributed by atoms with Crippen LogP contribution in [-0.2, 0) is 4.74 Å². The quantitative estimate of drug-likeness (QED) is 0.908. The Hall–Kier alpha value is -2.04. The number of likely N-dealkylation sites (tertiary alicyclic amines) is 1. The van der Waals surface area contributed by atoms with Crippen LogP contribution in [0.2, 0.25) is 0 Å². The van der Waals surface area contributed by atoms with Crippen molar-refractivity contribution < 1.29 is 19.4 Å². The predicted octanol–water partition coefficient (Wildman–Crippen LogP) is 3.50. The lowest BCUT2D eigenvalue weighted by Gasteiger charge is -2.27. The fourth-order valence-electron chi connectivity index (χ4n) is 2.77. The molecule has 0 spiro atoms. The van der Waals surface area contributed by atoms with Crippen molar-refractivity contribution in [3.63, 3.8) is 0 Å². The highest BCUT2D eigenvalue weighted by Gasteiger charge is 2.35. The number of carboxylic acids is 1. The number of hydrogen-bond acceptors (Lipinski definition) is 3. The van der Waals surface area contributed by atoms with Gasteiger partial charge in [0.2, 0.25) is 0 Å². The number of benzene rings is 1. The van der Waals surface area contributed by atoms with Gasteiger partial charge in [-0.3, -0.25) is 0 Å². The van der Waals surface area contributed by atoms with Crippen LogP contribution in [0.1, 0.15) is 56.0 Å². The van der Waals surface area contributed by atoms with E-state index in [0.717, 1.165) is 12.0 Å². The van der Waals surface area contributed by atoms with E-state index in [1.807, 2.05) is 33.8 Å². The van der Waals surface area contributed by atoms with E-state index in [1.165, 1.54) is 0 Å².